The van der Waals surface area contributed by atoms with Gasteiger partial charge in [0, 0.05) is 11.8 Å². The average Bonchev–Trinajstić information content (AvgIpc) is 3.07. The minimum atomic E-state index is -4.46. The second-order valence-electron chi connectivity index (χ2n) is 4.50. The number of rotatable bonds is 2. The lowest BCUT2D eigenvalue weighted by molar-refractivity contribution is -0.138. The molecule has 0 atom stereocenters. The Morgan fingerprint density at radius 1 is 1.42 bits per heavy atom. The molecule has 1 aliphatic carbocycles. The van der Waals surface area contributed by atoms with E-state index in [1.165, 1.54) is 7.11 Å². The molecule has 8 heteroatoms. The van der Waals surface area contributed by atoms with E-state index < -0.39 is 11.7 Å². The van der Waals surface area contributed by atoms with Gasteiger partial charge in [-0.25, -0.2) is 4.52 Å². The zero-order chi connectivity index (χ0) is 13.8. The van der Waals surface area contributed by atoms with Crippen molar-refractivity contribution in [3.05, 3.63) is 17.3 Å². The van der Waals surface area contributed by atoms with E-state index in [-0.39, 0.29) is 28.8 Å². The molecule has 102 valence electrons. The molecule has 1 saturated carbocycles. The zero-order valence-corrected chi connectivity index (χ0v) is 10.0. The molecule has 2 aromatic rings. The summed E-state index contributed by atoms with van der Waals surface area (Å²) in [5.41, 5.74) is 5.08. The summed E-state index contributed by atoms with van der Waals surface area (Å²) in [5.74, 6) is -0.101. The number of nitrogen functional groups attached to an aromatic ring is 1. The average molecular weight is 272 g/mol. The van der Waals surface area contributed by atoms with Crippen LogP contribution >= 0.6 is 0 Å². The van der Waals surface area contributed by atoms with E-state index in [2.05, 4.69) is 10.1 Å². The Balaban J connectivity index is 2.37. The standard InChI is InChI=1S/C11H11F3N4O/c1-19-8-7(5-2-3-5)6(11(12,13)14)4-18-9(8)16-10(15)17-18/h4-5H,2-3H2,1H3,(H2,15,17). The van der Waals surface area contributed by atoms with E-state index in [9.17, 15) is 13.2 Å². The molecule has 0 amide bonds. The van der Waals surface area contributed by atoms with Crippen molar-refractivity contribution < 1.29 is 17.9 Å². The first-order chi connectivity index (χ1) is 8.91. The number of ether oxygens (including phenoxy) is 1. The molecule has 2 N–H and O–H groups in total. The lowest BCUT2D eigenvalue weighted by atomic mass is 10.0. The maximum Gasteiger partial charge on any atom is 0.418 e. The summed E-state index contributed by atoms with van der Waals surface area (Å²) in [6, 6.07) is 0. The summed E-state index contributed by atoms with van der Waals surface area (Å²) in [5, 5.41) is 3.72. The number of nitrogens with two attached hydrogens (primary N) is 1. The fraction of sp³-hybridized carbons (Fsp3) is 0.455. The summed E-state index contributed by atoms with van der Waals surface area (Å²) >= 11 is 0. The summed E-state index contributed by atoms with van der Waals surface area (Å²) in [6.45, 7) is 0. The lowest BCUT2D eigenvalue weighted by Gasteiger charge is -2.16. The van der Waals surface area contributed by atoms with Crippen LogP contribution in [0.4, 0.5) is 19.1 Å². The number of fused-ring (bicyclic) bond motifs is 1. The van der Waals surface area contributed by atoms with Gasteiger partial charge in [0.05, 0.1) is 12.7 Å². The summed E-state index contributed by atoms with van der Waals surface area (Å²) in [6.07, 6.45) is -2.09. The van der Waals surface area contributed by atoms with Crippen LogP contribution in [0, 0.1) is 0 Å². The number of methoxy groups -OCH3 is 1. The number of halogens is 3. The van der Waals surface area contributed by atoms with Crippen molar-refractivity contribution in [2.75, 3.05) is 12.8 Å². The molecule has 0 aromatic carbocycles. The Labute approximate surface area is 106 Å². The number of hydrogen-bond donors (Lipinski definition) is 1. The predicted molar refractivity (Wildman–Crippen MR) is 60.9 cm³/mol. The van der Waals surface area contributed by atoms with E-state index in [1.54, 1.807) is 0 Å². The smallest absolute Gasteiger partial charge is 0.418 e. The SMILES string of the molecule is COc1c(C2CC2)c(C(F)(F)F)cn2nc(N)nc12. The van der Waals surface area contributed by atoms with Gasteiger partial charge < -0.3 is 10.5 Å². The van der Waals surface area contributed by atoms with Crippen LogP contribution in [0.3, 0.4) is 0 Å². The van der Waals surface area contributed by atoms with Gasteiger partial charge in [0.1, 0.15) is 0 Å². The van der Waals surface area contributed by atoms with Crippen LogP contribution in [0.1, 0.15) is 29.9 Å². The zero-order valence-electron chi connectivity index (χ0n) is 10.0. The fourth-order valence-corrected chi connectivity index (χ4v) is 2.22. The molecule has 0 aliphatic heterocycles. The largest absolute Gasteiger partial charge is 0.492 e. The normalized spacial score (nSPS) is 16.0. The topological polar surface area (TPSA) is 65.4 Å². The number of nitrogens with zero attached hydrogens (tertiary/aromatic N) is 3. The van der Waals surface area contributed by atoms with Crippen molar-refractivity contribution in [3.63, 3.8) is 0 Å². The molecule has 0 spiro atoms. The fourth-order valence-electron chi connectivity index (χ4n) is 2.22. The van der Waals surface area contributed by atoms with E-state index in [4.69, 9.17) is 10.5 Å². The Kier molecular flexibility index (Phi) is 2.38. The lowest BCUT2D eigenvalue weighted by Crippen LogP contribution is -2.12. The highest BCUT2D eigenvalue weighted by Gasteiger charge is 2.41. The van der Waals surface area contributed by atoms with Gasteiger partial charge in [0.15, 0.2) is 11.4 Å². The molecule has 2 aromatic heterocycles. The van der Waals surface area contributed by atoms with Crippen molar-refractivity contribution in [1.82, 2.24) is 14.6 Å². The molecule has 2 heterocycles. The van der Waals surface area contributed by atoms with Crippen LogP contribution in [-0.2, 0) is 6.18 Å². The first kappa shape index (κ1) is 12.1. The first-order valence-corrected chi connectivity index (χ1v) is 5.71. The first-order valence-electron chi connectivity index (χ1n) is 5.71. The van der Waals surface area contributed by atoms with Gasteiger partial charge in [-0.2, -0.15) is 18.2 Å². The maximum atomic E-state index is 13.1. The van der Waals surface area contributed by atoms with Gasteiger partial charge in [-0.15, -0.1) is 5.10 Å². The van der Waals surface area contributed by atoms with Crippen LogP contribution in [0.5, 0.6) is 5.75 Å². The molecule has 1 aliphatic rings. The van der Waals surface area contributed by atoms with Crippen molar-refractivity contribution in [2.24, 2.45) is 0 Å². The third kappa shape index (κ3) is 1.87. The summed E-state index contributed by atoms with van der Waals surface area (Å²) < 4.78 is 45.6. The predicted octanol–water partition coefficient (Wildman–Crippen LogP) is 2.22. The molecule has 1 fully saturated rings. The quantitative estimate of drug-likeness (QED) is 0.910. The Bertz CT molecular complexity index is 645. The number of alkyl halides is 3. The Morgan fingerprint density at radius 2 is 2.11 bits per heavy atom. The second kappa shape index (κ2) is 3.75. The Hall–Kier alpha value is -1.99. The molecule has 3 rings (SSSR count). The van der Waals surface area contributed by atoms with Gasteiger partial charge >= 0.3 is 6.18 Å². The van der Waals surface area contributed by atoms with Crippen LogP contribution in [0.15, 0.2) is 6.20 Å². The van der Waals surface area contributed by atoms with Gasteiger partial charge in [-0.05, 0) is 18.8 Å². The van der Waals surface area contributed by atoms with Crippen LogP contribution in [0.25, 0.3) is 5.65 Å². The molecule has 5 nitrogen and oxygen atoms in total. The summed E-state index contributed by atoms with van der Waals surface area (Å²) in [7, 11) is 1.33. The van der Waals surface area contributed by atoms with Crippen LogP contribution < -0.4 is 10.5 Å². The van der Waals surface area contributed by atoms with Gasteiger partial charge in [0.25, 0.3) is 0 Å². The molecule has 19 heavy (non-hydrogen) atoms. The third-order valence-electron chi connectivity index (χ3n) is 3.13. The van der Waals surface area contributed by atoms with Gasteiger partial charge in [0.2, 0.25) is 5.95 Å². The van der Waals surface area contributed by atoms with E-state index in [1.807, 2.05) is 0 Å². The highest BCUT2D eigenvalue weighted by Crippen LogP contribution is 2.50. The highest BCUT2D eigenvalue weighted by atomic mass is 19.4. The third-order valence-corrected chi connectivity index (χ3v) is 3.13. The minimum absolute atomic E-state index is 0.0839. The molecule has 0 radical (unpaired) electrons. The van der Waals surface area contributed by atoms with Crippen molar-refractivity contribution in [1.29, 1.82) is 0 Å². The molecule has 0 saturated heterocycles. The number of pyridine rings is 1. The molecular formula is C11H11F3N4O. The van der Waals surface area contributed by atoms with Crippen molar-refractivity contribution in [3.8, 4) is 5.75 Å². The molecule has 0 unspecified atom stereocenters. The van der Waals surface area contributed by atoms with Gasteiger partial charge in [-0.1, -0.05) is 0 Å². The summed E-state index contributed by atoms with van der Waals surface area (Å²) in [4.78, 5) is 3.92. The van der Waals surface area contributed by atoms with E-state index >= 15 is 0 Å². The van der Waals surface area contributed by atoms with Gasteiger partial charge in [-0.3, -0.25) is 0 Å². The second-order valence-corrected chi connectivity index (χ2v) is 4.50. The highest BCUT2D eigenvalue weighted by molar-refractivity contribution is 5.63. The monoisotopic (exact) mass is 272 g/mol. The Morgan fingerprint density at radius 3 is 2.63 bits per heavy atom. The van der Waals surface area contributed by atoms with Crippen LogP contribution in [-0.4, -0.2) is 21.7 Å². The van der Waals surface area contributed by atoms with Crippen molar-refractivity contribution >= 4 is 11.6 Å². The number of aromatic nitrogens is 3. The maximum absolute atomic E-state index is 13.1. The van der Waals surface area contributed by atoms with E-state index in [0.717, 1.165) is 23.6 Å². The van der Waals surface area contributed by atoms with Crippen molar-refractivity contribution in [2.45, 2.75) is 24.9 Å². The number of hydrogen-bond acceptors (Lipinski definition) is 4. The van der Waals surface area contributed by atoms with Crippen LogP contribution in [0.2, 0.25) is 0 Å². The number of anilines is 1. The molecule has 0 bridgehead atoms. The molecular weight excluding hydrogens is 261 g/mol. The van der Waals surface area contributed by atoms with E-state index in [0.29, 0.717) is 0 Å². The minimum Gasteiger partial charge on any atom is -0.492 e.